The van der Waals surface area contributed by atoms with Gasteiger partial charge < -0.3 is 5.32 Å². The predicted octanol–water partition coefficient (Wildman–Crippen LogP) is 2.19. The number of aromatic nitrogens is 2. The van der Waals surface area contributed by atoms with Crippen LogP contribution in [-0.2, 0) is 11.3 Å². The van der Waals surface area contributed by atoms with E-state index in [9.17, 15) is 4.79 Å². The van der Waals surface area contributed by atoms with E-state index >= 15 is 0 Å². The van der Waals surface area contributed by atoms with Crippen LogP contribution in [0.25, 0.3) is 0 Å². The molecular weight excluding hydrogens is 226 g/mol. The average Bonchev–Trinajstić information content (AvgIpc) is 2.70. The van der Waals surface area contributed by atoms with Crippen LogP contribution in [0.4, 0.5) is 0 Å². The lowest BCUT2D eigenvalue weighted by atomic mass is 9.92. The van der Waals surface area contributed by atoms with E-state index in [0.29, 0.717) is 18.0 Å². The molecule has 0 aromatic carbocycles. The van der Waals surface area contributed by atoms with Crippen LogP contribution in [-0.4, -0.2) is 21.7 Å². The molecule has 4 nitrogen and oxygen atoms in total. The topological polar surface area (TPSA) is 46.9 Å². The van der Waals surface area contributed by atoms with Gasteiger partial charge in [-0.1, -0.05) is 13.8 Å². The SMILES string of the molecule is Cc1cc(C)n(CC(=O)NC2CCC(C)(C)C2)n1. The van der Waals surface area contributed by atoms with E-state index in [1.165, 1.54) is 6.42 Å². The molecule has 0 radical (unpaired) electrons. The van der Waals surface area contributed by atoms with Gasteiger partial charge in [-0.2, -0.15) is 5.10 Å². The smallest absolute Gasteiger partial charge is 0.241 e. The Morgan fingerprint density at radius 1 is 1.56 bits per heavy atom. The maximum atomic E-state index is 12.0. The van der Waals surface area contributed by atoms with Crippen molar-refractivity contribution in [2.75, 3.05) is 0 Å². The second-order valence-corrected chi connectivity index (χ2v) is 6.26. The van der Waals surface area contributed by atoms with Crippen LogP contribution in [0.1, 0.15) is 44.5 Å². The van der Waals surface area contributed by atoms with Gasteiger partial charge in [-0.05, 0) is 44.6 Å². The molecule has 0 spiro atoms. The van der Waals surface area contributed by atoms with E-state index in [0.717, 1.165) is 24.2 Å². The van der Waals surface area contributed by atoms with Crippen LogP contribution in [0.3, 0.4) is 0 Å². The van der Waals surface area contributed by atoms with Gasteiger partial charge in [-0.15, -0.1) is 0 Å². The number of nitrogens with one attached hydrogen (secondary N) is 1. The van der Waals surface area contributed by atoms with E-state index in [2.05, 4.69) is 24.3 Å². The van der Waals surface area contributed by atoms with Crippen LogP contribution < -0.4 is 5.32 Å². The molecule has 4 heteroatoms. The summed E-state index contributed by atoms with van der Waals surface area (Å²) in [6, 6.07) is 2.33. The van der Waals surface area contributed by atoms with Gasteiger partial charge in [-0.3, -0.25) is 9.48 Å². The predicted molar refractivity (Wildman–Crippen MR) is 71.3 cm³/mol. The Labute approximate surface area is 109 Å². The molecule has 0 aliphatic heterocycles. The summed E-state index contributed by atoms with van der Waals surface area (Å²) in [6.07, 6.45) is 3.36. The fourth-order valence-corrected chi connectivity index (χ4v) is 2.80. The zero-order valence-corrected chi connectivity index (χ0v) is 11.8. The number of rotatable bonds is 3. The molecule has 2 rings (SSSR count). The highest BCUT2D eigenvalue weighted by atomic mass is 16.2. The van der Waals surface area contributed by atoms with Crippen LogP contribution in [0.2, 0.25) is 0 Å². The summed E-state index contributed by atoms with van der Waals surface area (Å²) in [6.45, 7) is 8.78. The summed E-state index contributed by atoms with van der Waals surface area (Å²) >= 11 is 0. The van der Waals surface area contributed by atoms with Crippen molar-refractivity contribution in [1.82, 2.24) is 15.1 Å². The van der Waals surface area contributed by atoms with Crippen LogP contribution >= 0.6 is 0 Å². The van der Waals surface area contributed by atoms with Gasteiger partial charge >= 0.3 is 0 Å². The van der Waals surface area contributed by atoms with E-state index in [1.807, 2.05) is 19.9 Å². The summed E-state index contributed by atoms with van der Waals surface area (Å²) in [5.74, 6) is 0.0731. The van der Waals surface area contributed by atoms with Crippen molar-refractivity contribution in [2.24, 2.45) is 5.41 Å². The van der Waals surface area contributed by atoms with E-state index in [1.54, 1.807) is 4.68 Å². The minimum Gasteiger partial charge on any atom is -0.352 e. The third-order valence-electron chi connectivity index (χ3n) is 3.73. The Hall–Kier alpha value is -1.32. The van der Waals surface area contributed by atoms with E-state index < -0.39 is 0 Å². The Morgan fingerprint density at radius 3 is 2.78 bits per heavy atom. The Kier molecular flexibility index (Phi) is 3.46. The average molecular weight is 249 g/mol. The zero-order valence-electron chi connectivity index (χ0n) is 11.8. The molecular formula is C14H23N3O. The van der Waals surface area contributed by atoms with Crippen molar-refractivity contribution in [3.05, 3.63) is 17.5 Å². The first kappa shape index (κ1) is 13.1. The second kappa shape index (κ2) is 4.75. The van der Waals surface area contributed by atoms with Gasteiger partial charge in [0.15, 0.2) is 0 Å². The number of carbonyl (C=O) groups excluding carboxylic acids is 1. The molecule has 1 N–H and O–H groups in total. The largest absolute Gasteiger partial charge is 0.352 e. The highest BCUT2D eigenvalue weighted by Gasteiger charge is 2.31. The van der Waals surface area contributed by atoms with Crippen LogP contribution in [0.15, 0.2) is 6.07 Å². The monoisotopic (exact) mass is 249 g/mol. The first-order valence-corrected chi connectivity index (χ1v) is 6.66. The van der Waals surface area contributed by atoms with Crippen LogP contribution in [0, 0.1) is 19.3 Å². The van der Waals surface area contributed by atoms with Crippen LogP contribution in [0.5, 0.6) is 0 Å². The number of nitrogens with zero attached hydrogens (tertiary/aromatic N) is 2. The summed E-state index contributed by atoms with van der Waals surface area (Å²) in [5, 5.41) is 7.43. The zero-order chi connectivity index (χ0) is 13.3. The summed E-state index contributed by atoms with van der Waals surface area (Å²) in [7, 11) is 0. The number of hydrogen-bond acceptors (Lipinski definition) is 2. The minimum absolute atomic E-state index is 0.0731. The minimum atomic E-state index is 0.0731. The van der Waals surface area contributed by atoms with Gasteiger partial charge in [0.1, 0.15) is 6.54 Å². The molecule has 1 fully saturated rings. The van der Waals surface area contributed by atoms with Gasteiger partial charge in [0.05, 0.1) is 5.69 Å². The van der Waals surface area contributed by atoms with Crippen molar-refractivity contribution in [2.45, 2.75) is 59.5 Å². The van der Waals surface area contributed by atoms with Gasteiger partial charge in [0.2, 0.25) is 5.91 Å². The first-order valence-electron chi connectivity index (χ1n) is 6.66. The lowest BCUT2D eigenvalue weighted by Crippen LogP contribution is -2.36. The molecule has 0 bridgehead atoms. The molecule has 1 heterocycles. The van der Waals surface area contributed by atoms with Crippen molar-refractivity contribution in [3.63, 3.8) is 0 Å². The number of hydrogen-bond donors (Lipinski definition) is 1. The van der Waals surface area contributed by atoms with Crippen molar-refractivity contribution >= 4 is 5.91 Å². The van der Waals surface area contributed by atoms with E-state index in [-0.39, 0.29) is 5.91 Å². The molecule has 1 saturated carbocycles. The summed E-state index contributed by atoms with van der Waals surface area (Å²) in [4.78, 5) is 12.0. The van der Waals surface area contributed by atoms with E-state index in [4.69, 9.17) is 0 Å². The molecule has 1 aliphatic carbocycles. The Bertz CT molecular complexity index is 448. The third kappa shape index (κ3) is 3.12. The molecule has 1 amide bonds. The highest BCUT2D eigenvalue weighted by molar-refractivity contribution is 5.76. The second-order valence-electron chi connectivity index (χ2n) is 6.26. The fourth-order valence-electron chi connectivity index (χ4n) is 2.80. The maximum absolute atomic E-state index is 12.0. The van der Waals surface area contributed by atoms with Gasteiger partial charge in [0, 0.05) is 11.7 Å². The summed E-state index contributed by atoms with van der Waals surface area (Å²) < 4.78 is 1.77. The standard InChI is InChI=1S/C14H23N3O/c1-10-7-11(2)17(16-10)9-13(18)15-12-5-6-14(3,4)8-12/h7,12H,5-6,8-9H2,1-4H3,(H,15,18). The molecule has 0 saturated heterocycles. The maximum Gasteiger partial charge on any atom is 0.241 e. The molecule has 1 aromatic heterocycles. The summed E-state index contributed by atoms with van der Waals surface area (Å²) in [5.41, 5.74) is 2.37. The highest BCUT2D eigenvalue weighted by Crippen LogP contribution is 2.36. The lowest BCUT2D eigenvalue weighted by Gasteiger charge is -2.18. The molecule has 1 aromatic rings. The molecule has 1 atom stereocenters. The number of amides is 1. The first-order chi connectivity index (χ1) is 8.35. The number of carbonyl (C=O) groups is 1. The van der Waals surface area contributed by atoms with Gasteiger partial charge in [0.25, 0.3) is 0 Å². The van der Waals surface area contributed by atoms with Crippen molar-refractivity contribution in [1.29, 1.82) is 0 Å². The third-order valence-corrected chi connectivity index (χ3v) is 3.73. The normalized spacial score (nSPS) is 22.1. The number of aryl methyl sites for hydroxylation is 2. The fraction of sp³-hybridized carbons (Fsp3) is 0.714. The molecule has 1 unspecified atom stereocenters. The Balaban J connectivity index is 1.88. The molecule has 100 valence electrons. The van der Waals surface area contributed by atoms with Gasteiger partial charge in [-0.25, -0.2) is 0 Å². The van der Waals surface area contributed by atoms with Crippen molar-refractivity contribution < 1.29 is 4.79 Å². The Morgan fingerprint density at radius 2 is 2.28 bits per heavy atom. The lowest BCUT2D eigenvalue weighted by molar-refractivity contribution is -0.122. The molecule has 1 aliphatic rings. The van der Waals surface area contributed by atoms with Crippen molar-refractivity contribution in [3.8, 4) is 0 Å². The molecule has 18 heavy (non-hydrogen) atoms. The quantitative estimate of drug-likeness (QED) is 0.892.